The number of hydrogen-bond donors (Lipinski definition) is 1. The minimum Gasteiger partial charge on any atom is -0.343 e. The van der Waals surface area contributed by atoms with Crippen LogP contribution in [0.15, 0.2) is 51.7 Å². The van der Waals surface area contributed by atoms with Crippen molar-refractivity contribution in [1.29, 1.82) is 0 Å². The lowest BCUT2D eigenvalue weighted by Gasteiger charge is -2.22. The van der Waals surface area contributed by atoms with Crippen molar-refractivity contribution in [2.45, 2.75) is 66.8 Å². The number of carbonyl (C=O) groups excluding carboxylic acids is 1. The maximum absolute atomic E-state index is 13.6. The fraction of sp³-hybridized carbons (Fsp3) is 0.357. The van der Waals surface area contributed by atoms with Gasteiger partial charge in [-0.25, -0.2) is 0 Å². The second kappa shape index (κ2) is 10.1. The third-order valence-electron chi connectivity index (χ3n) is 6.22. The summed E-state index contributed by atoms with van der Waals surface area (Å²) < 4.78 is 2.45. The number of pyridine rings is 1. The fourth-order valence-corrected chi connectivity index (χ4v) is 4.61. The zero-order valence-electron chi connectivity index (χ0n) is 20.5. The van der Waals surface area contributed by atoms with Crippen LogP contribution >= 0.6 is 15.9 Å². The van der Waals surface area contributed by atoms with Gasteiger partial charge in [-0.1, -0.05) is 75.7 Å². The minimum atomic E-state index is -0.370. The number of amides is 1. The van der Waals surface area contributed by atoms with Gasteiger partial charge < -0.3 is 9.88 Å². The van der Waals surface area contributed by atoms with E-state index in [1.807, 2.05) is 36.6 Å². The molecule has 0 bridgehead atoms. The van der Waals surface area contributed by atoms with Crippen LogP contribution in [0.25, 0.3) is 0 Å². The SMILES string of the molecule is Cc1ccc(Cn2c(C)c(Br)c(=O)c(C(=O)Nc3c(C(C)C)cccc3C(C)C)c2C)cc1. The van der Waals surface area contributed by atoms with Crippen molar-refractivity contribution in [3.63, 3.8) is 0 Å². The van der Waals surface area contributed by atoms with Crippen molar-refractivity contribution in [3.05, 3.63) is 96.4 Å². The molecule has 0 atom stereocenters. The highest BCUT2D eigenvalue weighted by Gasteiger charge is 2.24. The highest BCUT2D eigenvalue weighted by atomic mass is 79.9. The number of aromatic nitrogens is 1. The summed E-state index contributed by atoms with van der Waals surface area (Å²) in [5, 5.41) is 3.11. The Labute approximate surface area is 205 Å². The summed E-state index contributed by atoms with van der Waals surface area (Å²) in [4.78, 5) is 26.8. The Balaban J connectivity index is 2.11. The summed E-state index contributed by atoms with van der Waals surface area (Å²) in [5.74, 6) is 0.108. The van der Waals surface area contributed by atoms with Crippen molar-refractivity contribution in [1.82, 2.24) is 4.57 Å². The van der Waals surface area contributed by atoms with E-state index in [9.17, 15) is 9.59 Å². The predicted octanol–water partition coefficient (Wildman–Crippen LogP) is 7.08. The molecule has 1 aromatic heterocycles. The van der Waals surface area contributed by atoms with Crippen LogP contribution in [0.5, 0.6) is 0 Å². The van der Waals surface area contributed by atoms with Crippen LogP contribution < -0.4 is 10.7 Å². The predicted molar refractivity (Wildman–Crippen MR) is 141 cm³/mol. The zero-order valence-corrected chi connectivity index (χ0v) is 22.1. The molecular weight excluding hydrogens is 476 g/mol. The number of halogens is 1. The van der Waals surface area contributed by atoms with E-state index in [1.54, 1.807) is 0 Å². The monoisotopic (exact) mass is 508 g/mol. The molecule has 5 heteroatoms. The first-order chi connectivity index (χ1) is 15.5. The van der Waals surface area contributed by atoms with E-state index in [1.165, 1.54) is 5.56 Å². The third-order valence-corrected chi connectivity index (χ3v) is 7.15. The molecule has 3 rings (SSSR count). The maximum atomic E-state index is 13.6. The number of nitrogens with zero attached hydrogens (tertiary/aromatic N) is 1. The fourth-order valence-electron chi connectivity index (χ4n) is 4.20. The number of rotatable bonds is 6. The van der Waals surface area contributed by atoms with E-state index in [0.717, 1.165) is 28.1 Å². The second-order valence-corrected chi connectivity index (χ2v) is 10.1. The van der Waals surface area contributed by atoms with E-state index in [4.69, 9.17) is 0 Å². The first-order valence-corrected chi connectivity index (χ1v) is 12.2. The molecule has 1 amide bonds. The van der Waals surface area contributed by atoms with Gasteiger partial charge in [0.1, 0.15) is 5.56 Å². The summed E-state index contributed by atoms with van der Waals surface area (Å²) in [6.07, 6.45) is 0. The lowest BCUT2D eigenvalue weighted by molar-refractivity contribution is 0.102. The van der Waals surface area contributed by atoms with Crippen molar-refractivity contribution in [2.24, 2.45) is 0 Å². The van der Waals surface area contributed by atoms with Crippen LogP contribution in [0.1, 0.15) is 83.5 Å². The summed E-state index contributed by atoms with van der Waals surface area (Å²) in [6.45, 7) is 14.8. The van der Waals surface area contributed by atoms with Crippen LogP contribution in [-0.2, 0) is 6.54 Å². The number of anilines is 1. The van der Waals surface area contributed by atoms with Gasteiger partial charge in [-0.3, -0.25) is 9.59 Å². The van der Waals surface area contributed by atoms with Gasteiger partial charge in [0.2, 0.25) is 5.43 Å². The van der Waals surface area contributed by atoms with Crippen LogP contribution in [0.3, 0.4) is 0 Å². The lowest BCUT2D eigenvalue weighted by Crippen LogP contribution is -2.29. The van der Waals surface area contributed by atoms with Gasteiger partial charge >= 0.3 is 0 Å². The summed E-state index contributed by atoms with van der Waals surface area (Å²) in [5.41, 5.74) is 6.61. The molecule has 0 fully saturated rings. The summed E-state index contributed by atoms with van der Waals surface area (Å²) in [7, 11) is 0. The normalized spacial score (nSPS) is 11.3. The van der Waals surface area contributed by atoms with Gasteiger partial charge in [-0.15, -0.1) is 0 Å². The van der Waals surface area contributed by atoms with Crippen molar-refractivity contribution in [3.8, 4) is 0 Å². The van der Waals surface area contributed by atoms with Gasteiger partial charge in [-0.05, 0) is 65.2 Å². The van der Waals surface area contributed by atoms with Crippen LogP contribution in [-0.4, -0.2) is 10.5 Å². The molecule has 33 heavy (non-hydrogen) atoms. The number of benzene rings is 2. The smallest absolute Gasteiger partial charge is 0.261 e. The Bertz CT molecular complexity index is 1210. The third kappa shape index (κ3) is 5.14. The molecule has 0 saturated carbocycles. The molecule has 0 radical (unpaired) electrons. The summed E-state index contributed by atoms with van der Waals surface area (Å²) >= 11 is 3.46. The topological polar surface area (TPSA) is 51.1 Å². The van der Waals surface area contributed by atoms with Crippen molar-refractivity contribution >= 4 is 27.5 Å². The Morgan fingerprint density at radius 2 is 1.45 bits per heavy atom. The Hall–Kier alpha value is -2.66. The molecule has 0 spiro atoms. The van der Waals surface area contributed by atoms with E-state index in [2.05, 4.69) is 80.1 Å². The second-order valence-electron chi connectivity index (χ2n) is 9.34. The molecule has 3 aromatic rings. The molecule has 0 aliphatic carbocycles. The highest BCUT2D eigenvalue weighted by Crippen LogP contribution is 2.33. The van der Waals surface area contributed by atoms with Gasteiger partial charge in [0, 0.05) is 23.6 Å². The number of aryl methyl sites for hydroxylation is 1. The van der Waals surface area contributed by atoms with Crippen LogP contribution in [0.4, 0.5) is 5.69 Å². The lowest BCUT2D eigenvalue weighted by atomic mass is 9.92. The van der Waals surface area contributed by atoms with Gasteiger partial charge in [0.15, 0.2) is 0 Å². The van der Waals surface area contributed by atoms with E-state index in [-0.39, 0.29) is 28.7 Å². The average molecular weight is 509 g/mol. The van der Waals surface area contributed by atoms with Crippen LogP contribution in [0.2, 0.25) is 0 Å². The first-order valence-electron chi connectivity index (χ1n) is 11.4. The molecule has 0 aliphatic heterocycles. The maximum Gasteiger partial charge on any atom is 0.261 e. The molecule has 1 heterocycles. The molecule has 1 N–H and O–H groups in total. The molecule has 2 aromatic carbocycles. The molecule has 4 nitrogen and oxygen atoms in total. The molecule has 0 aliphatic rings. The van der Waals surface area contributed by atoms with Gasteiger partial charge in [0.25, 0.3) is 5.91 Å². The van der Waals surface area contributed by atoms with E-state index < -0.39 is 0 Å². The Morgan fingerprint density at radius 3 is 1.97 bits per heavy atom. The van der Waals surface area contributed by atoms with Crippen molar-refractivity contribution < 1.29 is 4.79 Å². The van der Waals surface area contributed by atoms with E-state index >= 15 is 0 Å². The Kier molecular flexibility index (Phi) is 7.63. The summed E-state index contributed by atoms with van der Waals surface area (Å²) in [6, 6.07) is 14.4. The average Bonchev–Trinajstić information content (AvgIpc) is 2.76. The number of carbonyl (C=O) groups is 1. The van der Waals surface area contributed by atoms with Crippen molar-refractivity contribution in [2.75, 3.05) is 5.32 Å². The highest BCUT2D eigenvalue weighted by molar-refractivity contribution is 9.10. The molecular formula is C28H33BrN2O2. The largest absolute Gasteiger partial charge is 0.343 e. The number of hydrogen-bond acceptors (Lipinski definition) is 2. The van der Waals surface area contributed by atoms with E-state index in [0.29, 0.717) is 16.7 Å². The van der Waals surface area contributed by atoms with Crippen LogP contribution in [0, 0.1) is 20.8 Å². The van der Waals surface area contributed by atoms with Gasteiger partial charge in [0.05, 0.1) is 4.47 Å². The van der Waals surface area contributed by atoms with Gasteiger partial charge in [-0.2, -0.15) is 0 Å². The minimum absolute atomic E-state index is 0.174. The number of nitrogens with one attached hydrogen (secondary N) is 1. The molecule has 0 saturated heterocycles. The quantitative estimate of drug-likeness (QED) is 0.386. The number of para-hydroxylation sites is 1. The molecule has 174 valence electrons. The first kappa shape index (κ1) is 25.0. The molecule has 0 unspecified atom stereocenters. The zero-order chi connectivity index (χ0) is 24.4. The Morgan fingerprint density at radius 1 is 0.909 bits per heavy atom. The standard InChI is InChI=1S/C28H33BrN2O2/c1-16(2)22-9-8-10-23(17(3)4)26(22)30-28(33)24-19(6)31(20(7)25(29)27(24)32)15-21-13-11-18(5)12-14-21/h8-14,16-17H,15H2,1-7H3,(H,30,33).